The maximum Gasteiger partial charge on any atom is 0.253 e. The minimum absolute atomic E-state index is 0.0342. The molecule has 0 aliphatic carbocycles. The summed E-state index contributed by atoms with van der Waals surface area (Å²) in [5.41, 5.74) is 0.588. The highest BCUT2D eigenvalue weighted by Crippen LogP contribution is 2.15. The highest BCUT2D eigenvalue weighted by Gasteiger charge is 2.22. The zero-order valence-corrected chi connectivity index (χ0v) is 16.6. The predicted octanol–water partition coefficient (Wildman–Crippen LogP) is 3.87. The van der Waals surface area contributed by atoms with E-state index in [1.165, 1.54) is 0 Å². The van der Waals surface area contributed by atoms with Gasteiger partial charge in [-0.15, -0.1) is 0 Å². The van der Waals surface area contributed by atoms with Gasteiger partial charge >= 0.3 is 0 Å². The Morgan fingerprint density at radius 2 is 1.68 bits per heavy atom. The van der Waals surface area contributed by atoms with Crippen LogP contribution >= 0.6 is 11.6 Å². The summed E-state index contributed by atoms with van der Waals surface area (Å²) in [6, 6.07) is 16.6. The number of rotatable bonds is 6. The van der Waals surface area contributed by atoms with Crippen LogP contribution in [-0.2, 0) is 4.79 Å². The molecular formula is C22H25ClN2O3. The van der Waals surface area contributed by atoms with Crippen LogP contribution in [0, 0.1) is 0 Å². The maximum atomic E-state index is 12.7. The smallest absolute Gasteiger partial charge is 0.253 e. The Morgan fingerprint density at radius 1 is 0.929 bits per heavy atom. The lowest BCUT2D eigenvalue weighted by Gasteiger charge is -2.22. The minimum atomic E-state index is -0.0342. The van der Waals surface area contributed by atoms with Crippen LogP contribution < -0.4 is 4.74 Å². The second-order valence-corrected chi connectivity index (χ2v) is 7.24. The van der Waals surface area contributed by atoms with Crippen molar-refractivity contribution in [3.05, 3.63) is 65.2 Å². The lowest BCUT2D eigenvalue weighted by Crippen LogP contribution is -2.37. The lowest BCUT2D eigenvalue weighted by atomic mass is 10.2. The maximum absolute atomic E-state index is 12.7. The molecule has 1 aliphatic heterocycles. The van der Waals surface area contributed by atoms with Gasteiger partial charge in [-0.3, -0.25) is 9.59 Å². The van der Waals surface area contributed by atoms with Gasteiger partial charge in [-0.05, 0) is 43.2 Å². The molecule has 1 aliphatic rings. The van der Waals surface area contributed by atoms with E-state index in [2.05, 4.69) is 0 Å². The molecule has 0 saturated carbocycles. The zero-order valence-electron chi connectivity index (χ0n) is 15.9. The van der Waals surface area contributed by atoms with Gasteiger partial charge in [0.1, 0.15) is 5.75 Å². The Hall–Kier alpha value is -2.53. The average Bonchev–Trinajstić information content (AvgIpc) is 2.98. The van der Waals surface area contributed by atoms with Crippen LogP contribution in [0.2, 0.25) is 5.02 Å². The molecule has 0 N–H and O–H groups in total. The Morgan fingerprint density at radius 3 is 2.46 bits per heavy atom. The summed E-state index contributed by atoms with van der Waals surface area (Å²) in [7, 11) is 0. The van der Waals surface area contributed by atoms with E-state index in [0.717, 1.165) is 12.2 Å². The summed E-state index contributed by atoms with van der Waals surface area (Å²) in [5.74, 6) is 0.904. The van der Waals surface area contributed by atoms with Crippen molar-refractivity contribution in [3.8, 4) is 5.75 Å². The van der Waals surface area contributed by atoms with E-state index in [4.69, 9.17) is 16.3 Å². The van der Waals surface area contributed by atoms with E-state index >= 15 is 0 Å². The molecule has 0 spiro atoms. The number of benzene rings is 2. The molecule has 0 aromatic heterocycles. The van der Waals surface area contributed by atoms with Crippen LogP contribution in [0.3, 0.4) is 0 Å². The number of hydrogen-bond donors (Lipinski definition) is 0. The van der Waals surface area contributed by atoms with Gasteiger partial charge in [0.25, 0.3) is 5.91 Å². The molecule has 2 amide bonds. The molecule has 5 nitrogen and oxygen atoms in total. The van der Waals surface area contributed by atoms with Crippen molar-refractivity contribution < 1.29 is 14.3 Å². The average molecular weight is 401 g/mol. The largest absolute Gasteiger partial charge is 0.494 e. The highest BCUT2D eigenvalue weighted by atomic mass is 35.5. The molecule has 6 heteroatoms. The number of halogens is 1. The molecule has 3 rings (SSSR count). The Labute approximate surface area is 170 Å². The second kappa shape index (κ2) is 10.1. The number of carbonyl (C=O) groups excluding carboxylic acids is 2. The first-order chi connectivity index (χ1) is 13.6. The molecule has 0 atom stereocenters. The number of amides is 2. The van der Waals surface area contributed by atoms with Crippen molar-refractivity contribution >= 4 is 23.4 Å². The Balaban J connectivity index is 1.44. The number of hydrogen-bond acceptors (Lipinski definition) is 3. The van der Waals surface area contributed by atoms with Gasteiger partial charge < -0.3 is 14.5 Å². The molecule has 2 aromatic rings. The van der Waals surface area contributed by atoms with Crippen molar-refractivity contribution in [2.24, 2.45) is 0 Å². The van der Waals surface area contributed by atoms with Gasteiger partial charge in [0.15, 0.2) is 0 Å². The first-order valence-corrected chi connectivity index (χ1v) is 10.0. The third kappa shape index (κ3) is 5.73. The van der Waals surface area contributed by atoms with Crippen LogP contribution in [0.1, 0.15) is 29.6 Å². The molecule has 28 heavy (non-hydrogen) atoms. The van der Waals surface area contributed by atoms with Crippen LogP contribution in [-0.4, -0.2) is 54.4 Å². The topological polar surface area (TPSA) is 49.9 Å². The zero-order chi connectivity index (χ0) is 19.8. The van der Waals surface area contributed by atoms with E-state index in [9.17, 15) is 9.59 Å². The molecule has 2 aromatic carbocycles. The van der Waals surface area contributed by atoms with Gasteiger partial charge in [-0.2, -0.15) is 0 Å². The first-order valence-electron chi connectivity index (χ1n) is 9.64. The van der Waals surface area contributed by atoms with E-state index in [1.807, 2.05) is 35.2 Å². The van der Waals surface area contributed by atoms with Gasteiger partial charge in [-0.1, -0.05) is 35.9 Å². The van der Waals surface area contributed by atoms with E-state index < -0.39 is 0 Å². The third-order valence-corrected chi connectivity index (χ3v) is 4.99. The summed E-state index contributed by atoms with van der Waals surface area (Å²) in [6.45, 7) is 2.94. The van der Waals surface area contributed by atoms with Crippen LogP contribution in [0.15, 0.2) is 54.6 Å². The number of nitrogens with zero attached hydrogens (tertiary/aromatic N) is 2. The monoisotopic (exact) mass is 400 g/mol. The van der Waals surface area contributed by atoms with Gasteiger partial charge in [0.2, 0.25) is 5.91 Å². The Kier molecular flexibility index (Phi) is 7.31. The van der Waals surface area contributed by atoms with Gasteiger partial charge in [0, 0.05) is 43.2 Å². The first kappa shape index (κ1) is 20.2. The molecule has 1 fully saturated rings. The fourth-order valence-electron chi connectivity index (χ4n) is 3.26. The number of carbonyl (C=O) groups is 2. The second-order valence-electron chi connectivity index (χ2n) is 6.80. The van der Waals surface area contributed by atoms with E-state index in [-0.39, 0.29) is 11.8 Å². The van der Waals surface area contributed by atoms with Gasteiger partial charge in [0.05, 0.1) is 6.61 Å². The van der Waals surface area contributed by atoms with Crippen LogP contribution in [0.25, 0.3) is 0 Å². The molecule has 0 bridgehead atoms. The summed E-state index contributed by atoms with van der Waals surface area (Å²) >= 11 is 5.99. The lowest BCUT2D eigenvalue weighted by molar-refractivity contribution is -0.131. The third-order valence-electron chi connectivity index (χ3n) is 4.75. The summed E-state index contributed by atoms with van der Waals surface area (Å²) < 4.78 is 5.64. The van der Waals surface area contributed by atoms with Crippen molar-refractivity contribution in [2.75, 3.05) is 32.8 Å². The molecule has 0 radical (unpaired) electrons. The summed E-state index contributed by atoms with van der Waals surface area (Å²) in [6.07, 6.45) is 1.91. The number of ether oxygens (including phenoxy) is 1. The van der Waals surface area contributed by atoms with Gasteiger partial charge in [-0.25, -0.2) is 0 Å². The standard InChI is InChI=1S/C22H25ClN2O3/c23-19-8-4-7-18(17-19)22(27)25-13-6-12-24(14-15-25)21(26)11-5-16-28-20-9-2-1-3-10-20/h1-4,7-10,17H,5-6,11-16H2. The van der Waals surface area contributed by atoms with Crippen molar-refractivity contribution in [3.63, 3.8) is 0 Å². The van der Waals surface area contributed by atoms with Crippen LogP contribution in [0.5, 0.6) is 5.75 Å². The number of para-hydroxylation sites is 1. The highest BCUT2D eigenvalue weighted by molar-refractivity contribution is 6.30. The Bertz CT molecular complexity index is 797. The normalized spacial score (nSPS) is 14.5. The fraction of sp³-hybridized carbons (Fsp3) is 0.364. The van der Waals surface area contributed by atoms with Crippen molar-refractivity contribution in [1.82, 2.24) is 9.80 Å². The van der Waals surface area contributed by atoms with Crippen molar-refractivity contribution in [1.29, 1.82) is 0 Å². The van der Waals surface area contributed by atoms with E-state index in [0.29, 0.717) is 56.2 Å². The molecule has 1 saturated heterocycles. The minimum Gasteiger partial charge on any atom is -0.494 e. The molecular weight excluding hydrogens is 376 g/mol. The quantitative estimate of drug-likeness (QED) is 0.691. The fourth-order valence-corrected chi connectivity index (χ4v) is 3.45. The summed E-state index contributed by atoms with van der Waals surface area (Å²) in [5, 5.41) is 0.551. The van der Waals surface area contributed by atoms with Crippen LogP contribution in [0.4, 0.5) is 0 Å². The predicted molar refractivity (Wildman–Crippen MR) is 110 cm³/mol. The molecule has 1 heterocycles. The summed E-state index contributed by atoms with van der Waals surface area (Å²) in [4.78, 5) is 28.8. The van der Waals surface area contributed by atoms with E-state index in [1.54, 1.807) is 29.2 Å². The van der Waals surface area contributed by atoms with Crippen molar-refractivity contribution in [2.45, 2.75) is 19.3 Å². The SMILES string of the molecule is O=C(CCCOc1ccccc1)N1CCCN(C(=O)c2cccc(Cl)c2)CC1. The molecule has 0 unspecified atom stereocenters. The molecule has 148 valence electrons.